The highest BCUT2D eigenvalue weighted by atomic mass is 35.5. The molecular weight excluding hydrogens is 452 g/mol. The van der Waals surface area contributed by atoms with E-state index in [9.17, 15) is 4.79 Å². The topological polar surface area (TPSA) is 81.7 Å². The molecule has 8 heteroatoms. The SMILES string of the molecule is O=C(CCc1ncc(-c2ccccc2Cl)o1)Nc1cccc(OCc2cn3ccccc3n2)c1. The number of amides is 1. The summed E-state index contributed by atoms with van der Waals surface area (Å²) in [7, 11) is 0. The van der Waals surface area contributed by atoms with Gasteiger partial charge in [-0.1, -0.05) is 35.9 Å². The number of ether oxygens (including phenoxy) is 1. The molecule has 5 aromatic rings. The minimum atomic E-state index is -0.144. The monoisotopic (exact) mass is 472 g/mol. The second-order valence-electron chi connectivity index (χ2n) is 7.66. The number of carbonyl (C=O) groups excluding carboxylic acids is 1. The van der Waals surface area contributed by atoms with Gasteiger partial charge in [-0.15, -0.1) is 0 Å². The molecule has 0 unspecified atom stereocenters. The molecule has 0 atom stereocenters. The Bertz CT molecular complexity index is 1410. The van der Waals surface area contributed by atoms with E-state index in [2.05, 4.69) is 15.3 Å². The van der Waals surface area contributed by atoms with Gasteiger partial charge in [0.25, 0.3) is 0 Å². The van der Waals surface area contributed by atoms with E-state index in [0.29, 0.717) is 41.1 Å². The first-order valence-electron chi connectivity index (χ1n) is 10.8. The molecule has 7 nitrogen and oxygen atoms in total. The number of pyridine rings is 1. The zero-order valence-electron chi connectivity index (χ0n) is 18.1. The van der Waals surface area contributed by atoms with Crippen molar-refractivity contribution in [2.75, 3.05) is 5.32 Å². The van der Waals surface area contributed by atoms with Crippen LogP contribution < -0.4 is 10.1 Å². The number of imidazole rings is 1. The van der Waals surface area contributed by atoms with Gasteiger partial charge in [0.1, 0.15) is 18.0 Å². The highest BCUT2D eigenvalue weighted by Gasteiger charge is 2.12. The first-order chi connectivity index (χ1) is 16.6. The van der Waals surface area contributed by atoms with Crippen LogP contribution in [0.2, 0.25) is 5.02 Å². The molecule has 0 fully saturated rings. The van der Waals surface area contributed by atoms with Crippen molar-refractivity contribution in [1.29, 1.82) is 0 Å². The van der Waals surface area contributed by atoms with Gasteiger partial charge in [-0.3, -0.25) is 4.79 Å². The largest absolute Gasteiger partial charge is 0.487 e. The summed E-state index contributed by atoms with van der Waals surface area (Å²) in [5.74, 6) is 1.56. The molecule has 170 valence electrons. The average Bonchev–Trinajstić information content (AvgIpc) is 3.49. The van der Waals surface area contributed by atoms with Gasteiger partial charge in [0, 0.05) is 42.6 Å². The zero-order valence-corrected chi connectivity index (χ0v) is 18.9. The highest BCUT2D eigenvalue weighted by molar-refractivity contribution is 6.33. The third-order valence-corrected chi connectivity index (χ3v) is 5.51. The third kappa shape index (κ3) is 5.10. The fraction of sp³-hybridized carbons (Fsp3) is 0.115. The van der Waals surface area contributed by atoms with E-state index in [-0.39, 0.29) is 12.3 Å². The van der Waals surface area contributed by atoms with Gasteiger partial charge in [-0.05, 0) is 36.4 Å². The lowest BCUT2D eigenvalue weighted by atomic mass is 10.2. The Kier molecular flexibility index (Phi) is 6.27. The zero-order chi connectivity index (χ0) is 23.3. The number of oxazole rings is 1. The predicted molar refractivity (Wildman–Crippen MR) is 130 cm³/mol. The number of carbonyl (C=O) groups is 1. The normalized spacial score (nSPS) is 11.0. The third-order valence-electron chi connectivity index (χ3n) is 5.18. The molecule has 5 rings (SSSR count). The number of hydrogen-bond donors (Lipinski definition) is 1. The number of nitrogens with zero attached hydrogens (tertiary/aromatic N) is 3. The summed E-state index contributed by atoms with van der Waals surface area (Å²) >= 11 is 6.21. The number of nitrogens with one attached hydrogen (secondary N) is 1. The maximum Gasteiger partial charge on any atom is 0.224 e. The first-order valence-corrected chi connectivity index (χ1v) is 11.2. The molecule has 2 aromatic carbocycles. The van der Waals surface area contributed by atoms with Crippen molar-refractivity contribution < 1.29 is 13.9 Å². The summed E-state index contributed by atoms with van der Waals surface area (Å²) in [6.07, 6.45) is 6.10. The van der Waals surface area contributed by atoms with Crippen LogP contribution in [0.25, 0.3) is 17.0 Å². The van der Waals surface area contributed by atoms with Crippen molar-refractivity contribution in [3.63, 3.8) is 0 Å². The predicted octanol–water partition coefficient (Wildman–Crippen LogP) is 5.79. The van der Waals surface area contributed by atoms with Crippen LogP contribution in [-0.4, -0.2) is 20.3 Å². The van der Waals surface area contributed by atoms with E-state index >= 15 is 0 Å². The summed E-state index contributed by atoms with van der Waals surface area (Å²) in [4.78, 5) is 21.2. The average molecular weight is 473 g/mol. The van der Waals surface area contributed by atoms with Gasteiger partial charge in [0.15, 0.2) is 11.7 Å². The van der Waals surface area contributed by atoms with Crippen LogP contribution in [0.15, 0.2) is 89.7 Å². The Morgan fingerprint density at radius 3 is 2.85 bits per heavy atom. The van der Waals surface area contributed by atoms with Gasteiger partial charge in [-0.2, -0.15) is 0 Å². The van der Waals surface area contributed by atoms with Crippen LogP contribution in [0.5, 0.6) is 5.75 Å². The van der Waals surface area contributed by atoms with E-state index < -0.39 is 0 Å². The summed E-state index contributed by atoms with van der Waals surface area (Å²) in [6.45, 7) is 0.330. The Balaban J connectivity index is 1.15. The van der Waals surface area contributed by atoms with E-state index in [1.165, 1.54) is 0 Å². The lowest BCUT2D eigenvalue weighted by Gasteiger charge is -2.08. The molecule has 3 heterocycles. The van der Waals surface area contributed by atoms with Crippen molar-refractivity contribution in [2.45, 2.75) is 19.4 Å². The van der Waals surface area contributed by atoms with E-state index in [1.807, 2.05) is 71.4 Å². The Hall–Kier alpha value is -4.10. The second kappa shape index (κ2) is 9.80. The van der Waals surface area contributed by atoms with Crippen molar-refractivity contribution in [2.24, 2.45) is 0 Å². The molecule has 0 bridgehead atoms. The molecular formula is C26H21ClN4O3. The fourth-order valence-corrected chi connectivity index (χ4v) is 3.76. The molecule has 0 saturated carbocycles. The summed E-state index contributed by atoms with van der Waals surface area (Å²) in [5.41, 5.74) is 3.12. The fourth-order valence-electron chi connectivity index (χ4n) is 3.53. The lowest BCUT2D eigenvalue weighted by Crippen LogP contribution is -2.12. The number of benzene rings is 2. The van der Waals surface area contributed by atoms with Crippen molar-refractivity contribution in [3.05, 3.63) is 102 Å². The minimum Gasteiger partial charge on any atom is -0.487 e. The summed E-state index contributed by atoms with van der Waals surface area (Å²) in [5, 5.41) is 3.48. The van der Waals surface area contributed by atoms with Crippen LogP contribution in [0.3, 0.4) is 0 Å². The number of anilines is 1. The van der Waals surface area contributed by atoms with Crippen molar-refractivity contribution in [3.8, 4) is 17.1 Å². The van der Waals surface area contributed by atoms with E-state index in [4.69, 9.17) is 20.8 Å². The Morgan fingerprint density at radius 2 is 1.97 bits per heavy atom. The molecule has 0 aliphatic carbocycles. The van der Waals surface area contributed by atoms with Gasteiger partial charge in [0.2, 0.25) is 5.91 Å². The standard InChI is InChI=1S/C26H21ClN4O3/c27-22-9-2-1-8-21(22)23-15-28-26(34-23)12-11-25(32)30-18-6-5-7-20(14-18)33-17-19-16-31-13-4-3-10-24(31)29-19/h1-10,13-16H,11-12,17H2,(H,30,32). The molecule has 0 aliphatic rings. The molecule has 3 aromatic heterocycles. The van der Waals surface area contributed by atoms with Gasteiger partial charge < -0.3 is 18.9 Å². The van der Waals surface area contributed by atoms with E-state index in [1.54, 1.807) is 18.3 Å². The number of rotatable bonds is 8. The molecule has 1 amide bonds. The Morgan fingerprint density at radius 1 is 1.09 bits per heavy atom. The Labute approximate surface area is 201 Å². The van der Waals surface area contributed by atoms with Gasteiger partial charge in [-0.25, -0.2) is 9.97 Å². The maximum atomic E-state index is 12.5. The molecule has 0 spiro atoms. The molecule has 0 saturated heterocycles. The summed E-state index contributed by atoms with van der Waals surface area (Å²) in [6, 6.07) is 20.5. The number of aromatic nitrogens is 3. The van der Waals surface area contributed by atoms with Crippen LogP contribution in [-0.2, 0) is 17.8 Å². The molecule has 0 aliphatic heterocycles. The quantitative estimate of drug-likeness (QED) is 0.309. The summed E-state index contributed by atoms with van der Waals surface area (Å²) < 4.78 is 13.6. The number of halogens is 1. The van der Waals surface area contributed by atoms with Gasteiger partial charge in [0.05, 0.1) is 16.9 Å². The minimum absolute atomic E-state index is 0.144. The van der Waals surface area contributed by atoms with Crippen molar-refractivity contribution in [1.82, 2.24) is 14.4 Å². The highest BCUT2D eigenvalue weighted by Crippen LogP contribution is 2.28. The first kappa shape index (κ1) is 21.7. The second-order valence-corrected chi connectivity index (χ2v) is 8.07. The van der Waals surface area contributed by atoms with Crippen LogP contribution in [0.4, 0.5) is 5.69 Å². The van der Waals surface area contributed by atoms with Crippen LogP contribution in [0, 0.1) is 0 Å². The van der Waals surface area contributed by atoms with E-state index in [0.717, 1.165) is 16.9 Å². The molecule has 0 radical (unpaired) electrons. The molecule has 1 N–H and O–H groups in total. The number of hydrogen-bond acceptors (Lipinski definition) is 5. The lowest BCUT2D eigenvalue weighted by molar-refractivity contribution is -0.116. The van der Waals surface area contributed by atoms with Crippen LogP contribution in [0.1, 0.15) is 18.0 Å². The van der Waals surface area contributed by atoms with Crippen LogP contribution >= 0.6 is 11.6 Å². The number of aryl methyl sites for hydroxylation is 1. The molecule has 34 heavy (non-hydrogen) atoms. The number of fused-ring (bicyclic) bond motifs is 1. The van der Waals surface area contributed by atoms with Crippen molar-refractivity contribution >= 4 is 28.8 Å². The smallest absolute Gasteiger partial charge is 0.224 e. The van der Waals surface area contributed by atoms with Gasteiger partial charge >= 0.3 is 0 Å². The maximum absolute atomic E-state index is 12.5.